The van der Waals surface area contributed by atoms with E-state index in [1.165, 1.54) is 22.2 Å². The molecule has 0 radical (unpaired) electrons. The Labute approximate surface area is 162 Å². The van der Waals surface area contributed by atoms with Gasteiger partial charge in [0.2, 0.25) is 10.0 Å². The first-order valence-electron chi connectivity index (χ1n) is 7.97. The number of carbonyl (C=O) groups excluding carboxylic acids is 2. The van der Waals surface area contributed by atoms with Crippen LogP contribution in [0, 0.1) is 12.7 Å². The van der Waals surface area contributed by atoms with Crippen LogP contribution < -0.4 is 14.9 Å². The Morgan fingerprint density at radius 1 is 1.00 bits per heavy atom. The summed E-state index contributed by atoms with van der Waals surface area (Å²) in [6.45, 7) is 1.64. The lowest BCUT2D eigenvalue weighted by molar-refractivity contribution is -0.194. The average Bonchev–Trinajstić information content (AvgIpc) is 2.87. The Hall–Kier alpha value is -2.99. The third-order valence-electron chi connectivity index (χ3n) is 4.15. The van der Waals surface area contributed by atoms with Gasteiger partial charge in [-0.2, -0.15) is 17.9 Å². The smallest absolute Gasteiger partial charge is 0.302 e. The van der Waals surface area contributed by atoms with Gasteiger partial charge in [-0.05, 0) is 43.3 Å². The average molecular weight is 431 g/mol. The highest BCUT2D eigenvalue weighted by molar-refractivity contribution is 7.89. The molecule has 0 saturated carbocycles. The van der Waals surface area contributed by atoms with E-state index in [1.54, 1.807) is 6.92 Å². The van der Waals surface area contributed by atoms with Crippen LogP contribution in [0.15, 0.2) is 53.4 Å². The maximum atomic E-state index is 13.9. The minimum Gasteiger partial charge on any atom is -0.302 e. The molecule has 1 aliphatic heterocycles. The molecule has 1 atom stereocenters. The van der Waals surface area contributed by atoms with Crippen LogP contribution in [0.3, 0.4) is 0 Å². The maximum absolute atomic E-state index is 13.9. The van der Waals surface area contributed by atoms with Crippen molar-refractivity contribution < 1.29 is 35.6 Å². The van der Waals surface area contributed by atoms with Crippen molar-refractivity contribution in [2.75, 3.05) is 4.90 Å². The first-order valence-corrected chi connectivity index (χ1v) is 9.45. The number of nitrogens with one attached hydrogen (secondary N) is 2. The Balaban J connectivity index is 2.06. The second-order valence-electron chi connectivity index (χ2n) is 6.21. The molecule has 29 heavy (non-hydrogen) atoms. The van der Waals surface area contributed by atoms with Gasteiger partial charge in [0.1, 0.15) is 5.82 Å². The molecule has 2 aromatic rings. The van der Waals surface area contributed by atoms with E-state index >= 15 is 0 Å². The first-order chi connectivity index (χ1) is 13.4. The van der Waals surface area contributed by atoms with Crippen LogP contribution in [0.25, 0.3) is 0 Å². The first kappa shape index (κ1) is 20.7. The van der Waals surface area contributed by atoms with E-state index in [9.17, 15) is 35.6 Å². The number of halogens is 4. The van der Waals surface area contributed by atoms with E-state index in [-0.39, 0.29) is 10.6 Å². The van der Waals surface area contributed by atoms with Crippen molar-refractivity contribution >= 4 is 27.6 Å². The molecule has 1 saturated heterocycles. The van der Waals surface area contributed by atoms with Gasteiger partial charge < -0.3 is 5.32 Å². The Morgan fingerprint density at radius 2 is 1.55 bits per heavy atom. The Bertz CT molecular complexity index is 1070. The number of imide groups is 1. The molecule has 1 heterocycles. The Morgan fingerprint density at radius 3 is 2.07 bits per heavy atom. The largest absolute Gasteiger partial charge is 0.435 e. The van der Waals surface area contributed by atoms with Gasteiger partial charge in [0.15, 0.2) is 0 Å². The van der Waals surface area contributed by atoms with Gasteiger partial charge >= 0.3 is 12.2 Å². The molecular formula is C17H13F4N3O4S. The molecule has 154 valence electrons. The van der Waals surface area contributed by atoms with Gasteiger partial charge in [-0.15, -0.1) is 0 Å². The van der Waals surface area contributed by atoms with Crippen molar-refractivity contribution in [3.05, 3.63) is 59.9 Å². The van der Waals surface area contributed by atoms with E-state index in [0.717, 1.165) is 36.4 Å². The summed E-state index contributed by atoms with van der Waals surface area (Å²) < 4.78 is 80.9. The SMILES string of the molecule is Cc1ccc(S(=O)(=O)N[C@]2(C(F)(F)F)NC(=O)N(c3ccc(F)cc3)C2=O)cc1. The van der Waals surface area contributed by atoms with Crippen molar-refractivity contribution in [2.24, 2.45) is 0 Å². The number of carbonyl (C=O) groups is 2. The van der Waals surface area contributed by atoms with Crippen LogP contribution in [-0.2, 0) is 14.8 Å². The van der Waals surface area contributed by atoms with Crippen molar-refractivity contribution in [3.8, 4) is 0 Å². The zero-order valence-electron chi connectivity index (χ0n) is 14.6. The van der Waals surface area contributed by atoms with E-state index in [0.29, 0.717) is 5.56 Å². The van der Waals surface area contributed by atoms with Gasteiger partial charge in [0, 0.05) is 0 Å². The van der Waals surface area contributed by atoms with E-state index in [1.807, 2.05) is 0 Å². The van der Waals surface area contributed by atoms with Crippen molar-refractivity contribution in [1.82, 2.24) is 10.0 Å². The predicted molar refractivity (Wildman–Crippen MR) is 92.7 cm³/mol. The lowest BCUT2D eigenvalue weighted by Gasteiger charge is -2.29. The van der Waals surface area contributed by atoms with Crippen LogP contribution in [0.2, 0.25) is 0 Å². The number of alkyl halides is 3. The molecule has 1 fully saturated rings. The Kier molecular flexibility index (Phi) is 4.87. The monoisotopic (exact) mass is 431 g/mol. The van der Waals surface area contributed by atoms with Crippen LogP contribution in [0.5, 0.6) is 0 Å². The van der Waals surface area contributed by atoms with Crippen molar-refractivity contribution in [3.63, 3.8) is 0 Å². The predicted octanol–water partition coefficient (Wildman–Crippen LogP) is 2.43. The summed E-state index contributed by atoms with van der Waals surface area (Å²) in [5, 5.41) is 1.39. The molecule has 2 N–H and O–H groups in total. The molecule has 0 unspecified atom stereocenters. The molecular weight excluding hydrogens is 418 g/mol. The fourth-order valence-corrected chi connectivity index (χ4v) is 3.92. The highest BCUT2D eigenvalue weighted by Gasteiger charge is 2.69. The lowest BCUT2D eigenvalue weighted by atomic mass is 10.1. The summed E-state index contributed by atoms with van der Waals surface area (Å²) in [5.74, 6) is -2.67. The quantitative estimate of drug-likeness (QED) is 0.574. The topological polar surface area (TPSA) is 95.6 Å². The van der Waals surface area contributed by atoms with Crippen LogP contribution in [0.1, 0.15) is 5.56 Å². The number of sulfonamides is 1. The summed E-state index contributed by atoms with van der Waals surface area (Å²) >= 11 is 0. The number of hydrogen-bond acceptors (Lipinski definition) is 4. The molecule has 12 heteroatoms. The standard InChI is InChI=1S/C17H13F4N3O4S/c1-10-2-8-13(9-3-10)29(27,28)23-16(17(19,20)21)14(25)24(15(26)22-16)12-6-4-11(18)5-7-12/h2-9,23H,1H3,(H,22,26)/t16-/m1/s1. The zero-order valence-corrected chi connectivity index (χ0v) is 15.4. The summed E-state index contributed by atoms with van der Waals surface area (Å²) in [6.07, 6.45) is -5.52. The molecule has 0 spiro atoms. The molecule has 3 amide bonds. The maximum Gasteiger partial charge on any atom is 0.435 e. The second kappa shape index (κ2) is 6.81. The minimum absolute atomic E-state index is 0.0879. The number of urea groups is 1. The second-order valence-corrected chi connectivity index (χ2v) is 7.90. The van der Waals surface area contributed by atoms with E-state index in [2.05, 4.69) is 0 Å². The van der Waals surface area contributed by atoms with Crippen molar-refractivity contribution in [2.45, 2.75) is 23.7 Å². The van der Waals surface area contributed by atoms with Gasteiger partial charge in [0.05, 0.1) is 10.6 Å². The number of nitrogens with zero attached hydrogens (tertiary/aromatic N) is 1. The molecule has 0 aliphatic carbocycles. The highest BCUT2D eigenvalue weighted by atomic mass is 32.2. The molecule has 7 nitrogen and oxygen atoms in total. The fourth-order valence-electron chi connectivity index (χ4n) is 2.65. The third-order valence-corrected chi connectivity index (χ3v) is 5.62. The lowest BCUT2D eigenvalue weighted by Crippen LogP contribution is -2.69. The van der Waals surface area contributed by atoms with Gasteiger partial charge in [-0.25, -0.2) is 22.5 Å². The summed E-state index contributed by atoms with van der Waals surface area (Å²) in [5.41, 5.74) is -3.64. The minimum atomic E-state index is -5.52. The summed E-state index contributed by atoms with van der Waals surface area (Å²) in [7, 11) is -4.86. The number of aryl methyl sites for hydroxylation is 1. The normalized spacial score (nSPS) is 20.1. The van der Waals surface area contributed by atoms with E-state index in [4.69, 9.17) is 0 Å². The van der Waals surface area contributed by atoms with Crippen LogP contribution in [0.4, 0.5) is 28.0 Å². The third kappa shape index (κ3) is 3.56. The summed E-state index contributed by atoms with van der Waals surface area (Å²) in [6, 6.07) is 6.79. The van der Waals surface area contributed by atoms with E-state index < -0.39 is 44.5 Å². The van der Waals surface area contributed by atoms with Crippen LogP contribution in [-0.4, -0.2) is 32.2 Å². The number of rotatable bonds is 4. The molecule has 3 rings (SSSR count). The van der Waals surface area contributed by atoms with Crippen LogP contribution >= 0.6 is 0 Å². The molecule has 0 bridgehead atoms. The van der Waals surface area contributed by atoms with Gasteiger partial charge in [-0.1, -0.05) is 17.7 Å². The zero-order chi connectivity index (χ0) is 21.6. The van der Waals surface area contributed by atoms with Crippen molar-refractivity contribution in [1.29, 1.82) is 0 Å². The summed E-state index contributed by atoms with van der Waals surface area (Å²) in [4.78, 5) is 24.4. The molecule has 2 aromatic carbocycles. The molecule has 1 aliphatic rings. The van der Waals surface area contributed by atoms with Gasteiger partial charge in [-0.3, -0.25) is 4.79 Å². The number of amides is 3. The highest BCUT2D eigenvalue weighted by Crippen LogP contribution is 2.37. The van der Waals surface area contributed by atoms with Gasteiger partial charge in [0.25, 0.3) is 11.6 Å². The number of hydrogen-bond donors (Lipinski definition) is 2. The number of anilines is 1. The molecule has 0 aromatic heterocycles. The fraction of sp³-hybridized carbons (Fsp3) is 0.176. The number of benzene rings is 2.